The first kappa shape index (κ1) is 38.4. The van der Waals surface area contributed by atoms with Crippen LogP contribution in [0.25, 0.3) is 0 Å². The number of carbonyl (C=O) groups excluding carboxylic acids is 2. The van der Waals surface area contributed by atoms with Crippen molar-refractivity contribution in [3.63, 3.8) is 0 Å². The number of para-hydroxylation sites is 1. The highest BCUT2D eigenvalue weighted by atomic mass is 32.1. The number of benzene rings is 2. The number of aromatic nitrogens is 1. The van der Waals surface area contributed by atoms with Crippen LogP contribution in [0.4, 0.5) is 5.69 Å². The fourth-order valence-corrected chi connectivity index (χ4v) is 4.32. The summed E-state index contributed by atoms with van der Waals surface area (Å²) in [5.41, 5.74) is 1.24. The number of rotatable bonds is 16. The topological polar surface area (TPSA) is 133 Å². The van der Waals surface area contributed by atoms with Crippen molar-refractivity contribution < 1.29 is 28.7 Å². The molecule has 0 saturated heterocycles. The van der Waals surface area contributed by atoms with Crippen LogP contribution in [0.15, 0.2) is 72.9 Å². The molecule has 2 atom stereocenters. The van der Waals surface area contributed by atoms with E-state index in [1.807, 2.05) is 62.4 Å². The predicted molar refractivity (Wildman–Crippen MR) is 178 cm³/mol. The number of hydrogen-bond donors (Lipinski definition) is 1. The molecule has 1 aromatic heterocycles. The second kappa shape index (κ2) is 19.6. The molecule has 0 radical (unpaired) electrons. The third kappa shape index (κ3) is 11.8. The van der Waals surface area contributed by atoms with Gasteiger partial charge >= 0.3 is 5.97 Å². The van der Waals surface area contributed by atoms with Gasteiger partial charge in [0.05, 0.1) is 30.8 Å². The third-order valence-electron chi connectivity index (χ3n) is 6.85. The van der Waals surface area contributed by atoms with Gasteiger partial charge in [-0.15, -0.1) is 0 Å². The standard InChI is InChI=1S/C31H38N4O7.2H2S/c1-22(2)26(32-18-24-17-29(33-19-27(24)35(38)39)42-25-13-9-6-10-14-25)15-16-30(36)34(3)28(31(37)40-4)21-41-20-23-11-7-5-8-12-23;;/h5-14,17,19,22,26,28,32H,15-16,18,20-21H2,1-4H3;2*1H2/t26-,28-;;/m0../s1. The van der Waals surface area contributed by atoms with Crippen molar-refractivity contribution in [1.82, 2.24) is 15.2 Å². The monoisotopic (exact) mass is 646 g/mol. The van der Waals surface area contributed by atoms with Gasteiger partial charge in [0.15, 0.2) is 6.04 Å². The van der Waals surface area contributed by atoms with E-state index in [2.05, 4.69) is 10.3 Å². The summed E-state index contributed by atoms with van der Waals surface area (Å²) in [6.07, 6.45) is 1.79. The number of methoxy groups -OCH3 is 1. The van der Waals surface area contributed by atoms with Crippen LogP contribution in [0.5, 0.6) is 11.6 Å². The lowest BCUT2D eigenvalue weighted by Gasteiger charge is -2.28. The number of likely N-dealkylation sites (N-methyl/N-ethyl adjacent to an activating group) is 1. The maximum absolute atomic E-state index is 13.1. The summed E-state index contributed by atoms with van der Waals surface area (Å²) in [5.74, 6) is 0.126. The molecule has 0 aliphatic carbocycles. The Morgan fingerprint density at radius 1 is 1.05 bits per heavy atom. The molecule has 0 saturated carbocycles. The molecule has 44 heavy (non-hydrogen) atoms. The SMILES string of the molecule is COC(=O)[C@H](COCc1ccccc1)N(C)C(=O)CC[C@H](NCc1cc(Oc2ccccc2)ncc1[N+](=O)[O-])C(C)C.S.S. The quantitative estimate of drug-likeness (QED) is 0.128. The molecule has 0 spiro atoms. The Bertz CT molecular complexity index is 1320. The molecule has 1 N–H and O–H groups in total. The van der Waals surface area contributed by atoms with Crippen molar-refractivity contribution in [3.8, 4) is 11.6 Å². The molecule has 13 heteroatoms. The minimum absolute atomic E-state index is 0. The zero-order chi connectivity index (χ0) is 30.5. The van der Waals surface area contributed by atoms with Gasteiger partial charge in [-0.05, 0) is 30.0 Å². The van der Waals surface area contributed by atoms with Crippen molar-refractivity contribution in [1.29, 1.82) is 0 Å². The largest absolute Gasteiger partial charge is 0.467 e. The van der Waals surface area contributed by atoms with E-state index in [9.17, 15) is 19.7 Å². The molecule has 0 unspecified atom stereocenters. The zero-order valence-electron chi connectivity index (χ0n) is 25.4. The summed E-state index contributed by atoms with van der Waals surface area (Å²) >= 11 is 0. The summed E-state index contributed by atoms with van der Waals surface area (Å²) in [7, 11) is 2.83. The van der Waals surface area contributed by atoms with Gasteiger partial charge in [-0.1, -0.05) is 62.4 Å². The molecule has 1 amide bonds. The number of hydrogen-bond acceptors (Lipinski definition) is 9. The molecule has 11 nitrogen and oxygen atoms in total. The van der Waals surface area contributed by atoms with Gasteiger partial charge < -0.3 is 24.4 Å². The number of nitrogens with zero attached hydrogens (tertiary/aromatic N) is 3. The number of ether oxygens (including phenoxy) is 3. The van der Waals surface area contributed by atoms with Crippen molar-refractivity contribution in [3.05, 3.63) is 94.2 Å². The molecular weight excluding hydrogens is 604 g/mol. The van der Waals surface area contributed by atoms with Crippen LogP contribution in [-0.4, -0.2) is 59.5 Å². The summed E-state index contributed by atoms with van der Waals surface area (Å²) in [6.45, 7) is 4.48. The van der Waals surface area contributed by atoms with Gasteiger partial charge in [0.2, 0.25) is 11.8 Å². The summed E-state index contributed by atoms with van der Waals surface area (Å²) in [4.78, 5) is 42.2. The first-order valence-corrected chi connectivity index (χ1v) is 13.7. The van der Waals surface area contributed by atoms with Crippen LogP contribution in [0.1, 0.15) is 37.8 Å². The number of pyridine rings is 1. The van der Waals surface area contributed by atoms with E-state index in [-0.39, 0.29) is 76.0 Å². The van der Waals surface area contributed by atoms with E-state index >= 15 is 0 Å². The summed E-state index contributed by atoms with van der Waals surface area (Å²) in [6, 6.07) is 19.1. The molecule has 3 aromatic rings. The van der Waals surface area contributed by atoms with E-state index in [0.717, 1.165) is 5.56 Å². The Balaban J connectivity index is 0.00000484. The van der Waals surface area contributed by atoms with E-state index in [1.54, 1.807) is 25.2 Å². The van der Waals surface area contributed by atoms with Gasteiger partial charge in [0.25, 0.3) is 5.69 Å². The number of nitrogens with one attached hydrogen (secondary N) is 1. The Labute approximate surface area is 272 Å². The first-order chi connectivity index (χ1) is 20.2. The lowest BCUT2D eigenvalue weighted by molar-refractivity contribution is -0.386. The number of carbonyl (C=O) groups is 2. The Morgan fingerprint density at radius 2 is 1.68 bits per heavy atom. The van der Waals surface area contributed by atoms with Crippen molar-refractivity contribution in [2.45, 2.75) is 51.9 Å². The van der Waals surface area contributed by atoms with Gasteiger partial charge in [-0.3, -0.25) is 14.9 Å². The van der Waals surface area contributed by atoms with Crippen LogP contribution in [0.2, 0.25) is 0 Å². The van der Waals surface area contributed by atoms with Crippen molar-refractivity contribution in [2.75, 3.05) is 20.8 Å². The van der Waals surface area contributed by atoms with Crippen molar-refractivity contribution in [2.24, 2.45) is 5.92 Å². The summed E-state index contributed by atoms with van der Waals surface area (Å²) in [5, 5.41) is 15.0. The fraction of sp³-hybridized carbons (Fsp3) is 0.387. The normalized spacial score (nSPS) is 11.8. The molecule has 0 bridgehead atoms. The van der Waals surface area contributed by atoms with Gasteiger partial charge in [0, 0.05) is 32.1 Å². The van der Waals surface area contributed by atoms with Crippen LogP contribution in [0, 0.1) is 16.0 Å². The van der Waals surface area contributed by atoms with Gasteiger partial charge in [-0.25, -0.2) is 9.78 Å². The predicted octanol–water partition coefficient (Wildman–Crippen LogP) is 5.12. The molecule has 0 aliphatic rings. The molecule has 0 aliphatic heterocycles. The molecule has 1 heterocycles. The average molecular weight is 647 g/mol. The van der Waals surface area contributed by atoms with Gasteiger partial charge in [-0.2, -0.15) is 27.0 Å². The van der Waals surface area contributed by atoms with Crippen LogP contribution >= 0.6 is 27.0 Å². The molecule has 240 valence electrons. The Kier molecular flexibility index (Phi) is 17.1. The second-order valence-corrected chi connectivity index (χ2v) is 10.1. The lowest BCUT2D eigenvalue weighted by atomic mass is 9.98. The number of nitro groups is 1. The minimum Gasteiger partial charge on any atom is -0.467 e. The van der Waals surface area contributed by atoms with Crippen molar-refractivity contribution >= 4 is 44.6 Å². The molecule has 0 fully saturated rings. The lowest BCUT2D eigenvalue weighted by Crippen LogP contribution is -2.46. The smallest absolute Gasteiger partial charge is 0.330 e. The third-order valence-corrected chi connectivity index (χ3v) is 6.85. The van der Waals surface area contributed by atoms with E-state index < -0.39 is 16.9 Å². The van der Waals surface area contributed by atoms with Crippen LogP contribution < -0.4 is 10.1 Å². The maximum atomic E-state index is 13.1. The Morgan fingerprint density at radius 3 is 2.27 bits per heavy atom. The average Bonchev–Trinajstić information content (AvgIpc) is 2.99. The summed E-state index contributed by atoms with van der Waals surface area (Å²) < 4.78 is 16.4. The molecular formula is C31H42N4O7S2. The Hall–Kier alpha value is -3.65. The van der Waals surface area contributed by atoms with E-state index in [1.165, 1.54) is 18.2 Å². The number of esters is 1. The maximum Gasteiger partial charge on any atom is 0.330 e. The molecule has 2 aromatic carbocycles. The highest BCUT2D eigenvalue weighted by Gasteiger charge is 2.29. The van der Waals surface area contributed by atoms with Crippen LogP contribution in [0.3, 0.4) is 0 Å². The van der Waals surface area contributed by atoms with E-state index in [4.69, 9.17) is 14.2 Å². The van der Waals surface area contributed by atoms with E-state index in [0.29, 0.717) is 24.3 Å². The molecule has 3 rings (SSSR count). The highest BCUT2D eigenvalue weighted by molar-refractivity contribution is 7.59. The minimum atomic E-state index is -0.890. The highest BCUT2D eigenvalue weighted by Crippen LogP contribution is 2.26. The fourth-order valence-electron chi connectivity index (χ4n) is 4.32. The zero-order valence-corrected chi connectivity index (χ0v) is 27.4. The van der Waals surface area contributed by atoms with Gasteiger partial charge in [0.1, 0.15) is 11.9 Å². The first-order valence-electron chi connectivity index (χ1n) is 13.7. The number of amides is 1. The van der Waals surface area contributed by atoms with Crippen LogP contribution in [-0.2, 0) is 32.2 Å². The second-order valence-electron chi connectivity index (χ2n) is 10.1.